The number of carbonyl (C=O) groups is 1. The van der Waals surface area contributed by atoms with Crippen LogP contribution in [0.5, 0.6) is 0 Å². The van der Waals surface area contributed by atoms with Crippen molar-refractivity contribution < 1.29 is 4.79 Å². The number of thioether (sulfide) groups is 1. The number of amides is 1. The summed E-state index contributed by atoms with van der Waals surface area (Å²) in [6, 6.07) is 11.7. The van der Waals surface area contributed by atoms with E-state index in [-0.39, 0.29) is 5.69 Å². The van der Waals surface area contributed by atoms with Gasteiger partial charge in [-0.05, 0) is 56.3 Å². The highest BCUT2D eigenvalue weighted by atomic mass is 35.5. The van der Waals surface area contributed by atoms with Crippen molar-refractivity contribution in [3.05, 3.63) is 85.3 Å². The predicted molar refractivity (Wildman–Crippen MR) is 137 cm³/mol. The Hall–Kier alpha value is -2.36. The molecule has 0 atom stereocenters. The van der Waals surface area contributed by atoms with Crippen molar-refractivity contribution in [1.82, 2.24) is 25.0 Å². The van der Waals surface area contributed by atoms with Crippen molar-refractivity contribution in [2.24, 2.45) is 0 Å². The first-order valence-electron chi connectivity index (χ1n) is 9.82. The lowest BCUT2D eigenvalue weighted by Gasteiger charge is -2.10. The molecule has 4 rings (SSSR count). The molecule has 0 fully saturated rings. The summed E-state index contributed by atoms with van der Waals surface area (Å²) in [6.07, 6.45) is 0. The van der Waals surface area contributed by atoms with Crippen LogP contribution in [0, 0.1) is 13.8 Å². The second-order valence-corrected chi connectivity index (χ2v) is 9.86. The van der Waals surface area contributed by atoms with E-state index >= 15 is 0 Å². The largest absolute Gasteiger partial charge is 0.320 e. The normalized spacial score (nSPS) is 11.0. The van der Waals surface area contributed by atoms with Crippen LogP contribution in [0.15, 0.2) is 47.6 Å². The first-order chi connectivity index (χ1) is 16.2. The Kier molecular flexibility index (Phi) is 7.64. The van der Waals surface area contributed by atoms with Gasteiger partial charge in [0.05, 0.1) is 21.4 Å². The molecule has 2 aromatic carbocycles. The van der Waals surface area contributed by atoms with Crippen LogP contribution in [0.2, 0.25) is 20.1 Å². The number of nitrogens with one attached hydrogen (secondary N) is 1. The Labute approximate surface area is 219 Å². The average molecular weight is 554 g/mol. The number of carbonyl (C=O) groups excluding carboxylic acids is 1. The van der Waals surface area contributed by atoms with Gasteiger partial charge in [0.1, 0.15) is 0 Å². The number of anilines is 1. The van der Waals surface area contributed by atoms with Crippen molar-refractivity contribution in [3.8, 4) is 5.69 Å². The van der Waals surface area contributed by atoms with Gasteiger partial charge in [0.2, 0.25) is 0 Å². The van der Waals surface area contributed by atoms with Crippen molar-refractivity contribution in [2.75, 3.05) is 5.32 Å². The van der Waals surface area contributed by atoms with E-state index in [1.54, 1.807) is 36.4 Å². The van der Waals surface area contributed by atoms with Gasteiger partial charge in [-0.25, -0.2) is 14.6 Å². The molecule has 0 saturated carbocycles. The minimum absolute atomic E-state index is 0.124. The van der Waals surface area contributed by atoms with Gasteiger partial charge >= 0.3 is 0 Å². The van der Waals surface area contributed by atoms with Crippen LogP contribution < -0.4 is 5.32 Å². The third kappa shape index (κ3) is 5.82. The van der Waals surface area contributed by atoms with Gasteiger partial charge in [0.25, 0.3) is 5.91 Å². The molecule has 0 aliphatic rings. The zero-order valence-electron chi connectivity index (χ0n) is 17.8. The molecule has 0 spiro atoms. The van der Waals surface area contributed by atoms with E-state index in [0.29, 0.717) is 48.1 Å². The van der Waals surface area contributed by atoms with Crippen LogP contribution in [-0.4, -0.2) is 30.9 Å². The SMILES string of the molecule is Cc1cc(C)nc(SCc2c(C(=O)Nc3ccc(Cl)c(Cl)c3)nnn2-c2cc(Cl)cc(Cl)c2)n1. The quantitative estimate of drug-likeness (QED) is 0.208. The summed E-state index contributed by atoms with van der Waals surface area (Å²) in [7, 11) is 0. The molecule has 0 bridgehead atoms. The minimum atomic E-state index is -0.463. The number of rotatable bonds is 6. The zero-order chi connectivity index (χ0) is 24.4. The Morgan fingerprint density at radius 1 is 0.941 bits per heavy atom. The molecule has 0 aliphatic heterocycles. The lowest BCUT2D eigenvalue weighted by atomic mass is 10.2. The molecule has 34 heavy (non-hydrogen) atoms. The van der Waals surface area contributed by atoms with Crippen LogP contribution in [0.1, 0.15) is 27.6 Å². The van der Waals surface area contributed by atoms with Gasteiger partial charge in [0.15, 0.2) is 10.9 Å². The van der Waals surface area contributed by atoms with E-state index in [9.17, 15) is 4.79 Å². The van der Waals surface area contributed by atoms with E-state index in [2.05, 4.69) is 25.6 Å². The number of aryl methyl sites for hydroxylation is 2. The van der Waals surface area contributed by atoms with E-state index in [0.717, 1.165) is 11.4 Å². The maximum atomic E-state index is 13.1. The summed E-state index contributed by atoms with van der Waals surface area (Å²) in [4.78, 5) is 22.0. The number of halogens is 4. The average Bonchev–Trinajstić information content (AvgIpc) is 3.18. The fourth-order valence-corrected chi connectivity index (χ4v) is 4.89. The van der Waals surface area contributed by atoms with Gasteiger partial charge < -0.3 is 5.32 Å². The highest BCUT2D eigenvalue weighted by Gasteiger charge is 2.22. The molecule has 4 aromatic rings. The highest BCUT2D eigenvalue weighted by molar-refractivity contribution is 7.98. The van der Waals surface area contributed by atoms with E-state index in [1.807, 2.05) is 19.9 Å². The first-order valence-corrected chi connectivity index (χ1v) is 12.3. The predicted octanol–water partition coefficient (Wildman–Crippen LogP) is 6.83. The lowest BCUT2D eigenvalue weighted by molar-refractivity contribution is 0.102. The van der Waals surface area contributed by atoms with Crippen molar-refractivity contribution in [3.63, 3.8) is 0 Å². The van der Waals surface area contributed by atoms with Gasteiger partial charge in [0, 0.05) is 32.9 Å². The second kappa shape index (κ2) is 10.5. The van der Waals surface area contributed by atoms with E-state index in [1.165, 1.54) is 16.4 Å². The number of nitrogens with zero attached hydrogens (tertiary/aromatic N) is 5. The maximum absolute atomic E-state index is 13.1. The fraction of sp³-hybridized carbons (Fsp3) is 0.136. The van der Waals surface area contributed by atoms with Crippen LogP contribution in [0.4, 0.5) is 5.69 Å². The minimum Gasteiger partial charge on any atom is -0.320 e. The molecule has 1 N–H and O–H groups in total. The van der Waals surface area contributed by atoms with Crippen molar-refractivity contribution >= 4 is 69.8 Å². The fourth-order valence-electron chi connectivity index (χ4n) is 3.13. The third-order valence-corrected chi connectivity index (χ3v) is 6.58. The smallest absolute Gasteiger partial charge is 0.278 e. The molecule has 2 aromatic heterocycles. The number of aromatic nitrogens is 5. The molecule has 0 saturated heterocycles. The summed E-state index contributed by atoms with van der Waals surface area (Å²) < 4.78 is 1.52. The number of benzene rings is 2. The summed E-state index contributed by atoms with van der Waals surface area (Å²) >= 11 is 25.8. The van der Waals surface area contributed by atoms with Gasteiger partial charge in [-0.15, -0.1) is 5.10 Å². The molecular weight excluding hydrogens is 538 g/mol. The van der Waals surface area contributed by atoms with Crippen molar-refractivity contribution in [2.45, 2.75) is 24.8 Å². The van der Waals surface area contributed by atoms with Gasteiger partial charge in [-0.2, -0.15) is 0 Å². The van der Waals surface area contributed by atoms with Crippen molar-refractivity contribution in [1.29, 1.82) is 0 Å². The third-order valence-electron chi connectivity index (χ3n) is 4.55. The highest BCUT2D eigenvalue weighted by Crippen LogP contribution is 2.28. The summed E-state index contributed by atoms with van der Waals surface area (Å²) in [5.41, 5.74) is 3.37. The molecule has 0 unspecified atom stereocenters. The summed E-state index contributed by atoms with van der Waals surface area (Å²) in [6.45, 7) is 3.79. The Bertz CT molecular complexity index is 1350. The standard InChI is InChI=1S/C22H16Cl4N6OS/c1-11-5-12(2)28-22(27-11)34-10-19-20(21(33)29-15-3-4-17(25)18(26)9-15)30-31-32(19)16-7-13(23)6-14(24)8-16/h3-9H,10H2,1-2H3,(H,29,33). The topological polar surface area (TPSA) is 85.6 Å². The molecule has 12 heteroatoms. The summed E-state index contributed by atoms with van der Waals surface area (Å²) in [5.74, 6) is -0.154. The second-order valence-electron chi connectivity index (χ2n) is 7.23. The Morgan fingerprint density at radius 3 is 2.26 bits per heavy atom. The maximum Gasteiger partial charge on any atom is 0.278 e. The molecule has 174 valence electrons. The first kappa shape index (κ1) is 24.8. The zero-order valence-corrected chi connectivity index (χ0v) is 21.7. The molecule has 2 heterocycles. The molecule has 1 amide bonds. The van der Waals surface area contributed by atoms with E-state index < -0.39 is 5.91 Å². The van der Waals surface area contributed by atoms with Crippen LogP contribution in [-0.2, 0) is 5.75 Å². The van der Waals surface area contributed by atoms with Gasteiger partial charge in [-0.3, -0.25) is 4.79 Å². The Balaban J connectivity index is 1.71. The van der Waals surface area contributed by atoms with E-state index in [4.69, 9.17) is 46.4 Å². The van der Waals surface area contributed by atoms with Crippen LogP contribution in [0.3, 0.4) is 0 Å². The van der Waals surface area contributed by atoms with Crippen LogP contribution >= 0.6 is 58.2 Å². The van der Waals surface area contributed by atoms with Gasteiger partial charge in [-0.1, -0.05) is 63.4 Å². The molecule has 7 nitrogen and oxygen atoms in total. The van der Waals surface area contributed by atoms with Crippen LogP contribution in [0.25, 0.3) is 5.69 Å². The monoisotopic (exact) mass is 552 g/mol. The lowest BCUT2D eigenvalue weighted by Crippen LogP contribution is -2.15. The number of hydrogen-bond acceptors (Lipinski definition) is 6. The number of hydrogen-bond donors (Lipinski definition) is 1. The molecule has 0 radical (unpaired) electrons. The Morgan fingerprint density at radius 2 is 1.62 bits per heavy atom. The molecule has 0 aliphatic carbocycles. The summed E-state index contributed by atoms with van der Waals surface area (Å²) in [5, 5.41) is 13.2. The molecular formula is C22H16Cl4N6OS.